The number of ketones is 1. The molecule has 0 N–H and O–H groups in total. The molecule has 1 aliphatic rings. The summed E-state index contributed by atoms with van der Waals surface area (Å²) in [5.74, 6) is -1.11. The molecule has 0 aliphatic carbocycles. The standard InChI is InChI=1S/C18H16F3NO3/c19-18(20,21)15-5-1-3-12(9-15)16(23)13-4-2-7-22(10-13)17(24)14-6-8-25-11-14/h1,3,5-6,8-9,11,13H,2,4,7,10H2. The van der Waals surface area contributed by atoms with Gasteiger partial charge in [-0.15, -0.1) is 0 Å². The van der Waals surface area contributed by atoms with Crippen LogP contribution in [0.1, 0.15) is 39.1 Å². The second kappa shape index (κ2) is 6.74. The van der Waals surface area contributed by atoms with Crippen molar-refractivity contribution in [3.05, 3.63) is 59.5 Å². The number of likely N-dealkylation sites (tertiary alicyclic amines) is 1. The molecule has 1 aromatic carbocycles. The van der Waals surface area contributed by atoms with Crippen molar-refractivity contribution >= 4 is 11.7 Å². The smallest absolute Gasteiger partial charge is 0.416 e. The van der Waals surface area contributed by atoms with E-state index in [-0.39, 0.29) is 23.8 Å². The van der Waals surface area contributed by atoms with Crippen molar-refractivity contribution in [1.82, 2.24) is 4.90 Å². The molecule has 1 amide bonds. The van der Waals surface area contributed by atoms with Gasteiger partial charge in [-0.2, -0.15) is 13.2 Å². The third-order valence-electron chi connectivity index (χ3n) is 4.32. The van der Waals surface area contributed by atoms with E-state index in [1.165, 1.54) is 24.7 Å². The third kappa shape index (κ3) is 3.75. The highest BCUT2D eigenvalue weighted by Crippen LogP contribution is 2.31. The van der Waals surface area contributed by atoms with E-state index in [1.807, 2.05) is 0 Å². The van der Waals surface area contributed by atoms with Crippen LogP contribution >= 0.6 is 0 Å². The topological polar surface area (TPSA) is 50.5 Å². The lowest BCUT2D eigenvalue weighted by molar-refractivity contribution is -0.137. The van der Waals surface area contributed by atoms with Gasteiger partial charge in [0.15, 0.2) is 5.78 Å². The molecular weight excluding hydrogens is 335 g/mol. The fourth-order valence-electron chi connectivity index (χ4n) is 3.03. The maximum Gasteiger partial charge on any atom is 0.416 e. The average Bonchev–Trinajstić information content (AvgIpc) is 3.14. The quantitative estimate of drug-likeness (QED) is 0.785. The van der Waals surface area contributed by atoms with Crippen LogP contribution in [0.3, 0.4) is 0 Å². The van der Waals surface area contributed by atoms with E-state index in [0.29, 0.717) is 24.9 Å². The normalized spacial score (nSPS) is 18.2. The number of hydrogen-bond donors (Lipinski definition) is 0. The maximum atomic E-state index is 12.8. The predicted octanol–water partition coefficient (Wildman–Crippen LogP) is 4.03. The lowest BCUT2D eigenvalue weighted by Gasteiger charge is -2.31. The van der Waals surface area contributed by atoms with Gasteiger partial charge >= 0.3 is 6.18 Å². The van der Waals surface area contributed by atoms with Gasteiger partial charge in [-0.3, -0.25) is 9.59 Å². The minimum Gasteiger partial charge on any atom is -0.472 e. The number of halogens is 3. The Hall–Kier alpha value is -2.57. The Morgan fingerprint density at radius 1 is 1.16 bits per heavy atom. The van der Waals surface area contributed by atoms with Gasteiger partial charge in [-0.25, -0.2) is 0 Å². The van der Waals surface area contributed by atoms with Crippen molar-refractivity contribution < 1.29 is 27.2 Å². The number of furan rings is 1. The van der Waals surface area contributed by atoms with Crippen LogP contribution < -0.4 is 0 Å². The summed E-state index contributed by atoms with van der Waals surface area (Å²) in [7, 11) is 0. The van der Waals surface area contributed by atoms with Gasteiger partial charge in [0.05, 0.1) is 17.4 Å². The molecule has 7 heteroatoms. The van der Waals surface area contributed by atoms with Crippen molar-refractivity contribution in [1.29, 1.82) is 0 Å². The second-order valence-electron chi connectivity index (χ2n) is 6.05. The van der Waals surface area contributed by atoms with Gasteiger partial charge in [0.2, 0.25) is 0 Å². The Kier molecular flexibility index (Phi) is 4.65. The van der Waals surface area contributed by atoms with Gasteiger partial charge in [0.1, 0.15) is 6.26 Å². The fraction of sp³-hybridized carbons (Fsp3) is 0.333. The molecule has 0 radical (unpaired) electrons. The van der Waals surface area contributed by atoms with E-state index in [0.717, 1.165) is 12.1 Å². The SMILES string of the molecule is O=C(c1cccc(C(F)(F)F)c1)C1CCCN(C(=O)c2ccoc2)C1. The van der Waals surface area contributed by atoms with E-state index in [2.05, 4.69) is 0 Å². The minimum atomic E-state index is -4.49. The molecule has 4 nitrogen and oxygen atoms in total. The highest BCUT2D eigenvalue weighted by Gasteiger charge is 2.33. The summed E-state index contributed by atoms with van der Waals surface area (Å²) < 4.78 is 43.4. The van der Waals surface area contributed by atoms with Crippen molar-refractivity contribution in [3.8, 4) is 0 Å². The average molecular weight is 351 g/mol. The van der Waals surface area contributed by atoms with E-state index >= 15 is 0 Å². The summed E-state index contributed by atoms with van der Waals surface area (Å²) in [6.07, 6.45) is -0.599. The number of nitrogens with zero attached hydrogens (tertiary/aromatic N) is 1. The first kappa shape index (κ1) is 17.3. The number of Topliss-reactive ketones (excluding diaryl/α,β-unsaturated/α-hetero) is 1. The van der Waals surface area contributed by atoms with E-state index in [4.69, 9.17) is 4.42 Å². The van der Waals surface area contributed by atoms with Crippen LogP contribution in [-0.4, -0.2) is 29.7 Å². The Morgan fingerprint density at radius 2 is 1.96 bits per heavy atom. The highest BCUT2D eigenvalue weighted by atomic mass is 19.4. The van der Waals surface area contributed by atoms with E-state index in [9.17, 15) is 22.8 Å². The van der Waals surface area contributed by atoms with E-state index in [1.54, 1.807) is 11.0 Å². The monoisotopic (exact) mass is 351 g/mol. The largest absolute Gasteiger partial charge is 0.472 e. The molecular formula is C18H16F3NO3. The van der Waals surface area contributed by atoms with Crippen molar-refractivity contribution in [3.63, 3.8) is 0 Å². The van der Waals surface area contributed by atoms with Crippen LogP contribution in [0.2, 0.25) is 0 Å². The first-order chi connectivity index (χ1) is 11.9. The highest BCUT2D eigenvalue weighted by molar-refractivity contribution is 5.99. The van der Waals surface area contributed by atoms with Crippen molar-refractivity contribution in [2.45, 2.75) is 19.0 Å². The lowest BCUT2D eigenvalue weighted by Crippen LogP contribution is -2.42. The Balaban J connectivity index is 1.75. The molecule has 25 heavy (non-hydrogen) atoms. The second-order valence-corrected chi connectivity index (χ2v) is 6.05. The van der Waals surface area contributed by atoms with Gasteiger partial charge in [0.25, 0.3) is 5.91 Å². The van der Waals surface area contributed by atoms with Crippen molar-refractivity contribution in [2.24, 2.45) is 5.92 Å². The van der Waals surface area contributed by atoms with Crippen LogP contribution in [0.5, 0.6) is 0 Å². The number of amides is 1. The zero-order valence-corrected chi connectivity index (χ0v) is 13.3. The molecule has 1 aliphatic heterocycles. The van der Waals surface area contributed by atoms with Crippen LogP contribution in [0.25, 0.3) is 0 Å². The van der Waals surface area contributed by atoms with Crippen LogP contribution in [0, 0.1) is 5.92 Å². The van der Waals surface area contributed by atoms with Gasteiger partial charge in [0, 0.05) is 24.6 Å². The van der Waals surface area contributed by atoms with E-state index < -0.39 is 17.7 Å². The fourth-order valence-corrected chi connectivity index (χ4v) is 3.03. The first-order valence-corrected chi connectivity index (χ1v) is 7.89. The summed E-state index contributed by atoms with van der Waals surface area (Å²) in [5.41, 5.74) is -0.426. The first-order valence-electron chi connectivity index (χ1n) is 7.89. The Bertz CT molecular complexity index is 768. The minimum absolute atomic E-state index is 0.0254. The summed E-state index contributed by atoms with van der Waals surface area (Å²) in [6, 6.07) is 5.97. The summed E-state index contributed by atoms with van der Waals surface area (Å²) in [4.78, 5) is 26.5. The summed E-state index contributed by atoms with van der Waals surface area (Å²) in [5, 5.41) is 0. The molecule has 0 bridgehead atoms. The Labute approximate surface area is 142 Å². The van der Waals surface area contributed by atoms with Gasteiger partial charge in [-0.1, -0.05) is 12.1 Å². The molecule has 1 unspecified atom stereocenters. The summed E-state index contributed by atoms with van der Waals surface area (Å²) >= 11 is 0. The van der Waals surface area contributed by atoms with Crippen LogP contribution in [0.15, 0.2) is 47.3 Å². The zero-order valence-electron chi connectivity index (χ0n) is 13.3. The molecule has 1 atom stereocenters. The number of carbonyl (C=O) groups is 2. The van der Waals surface area contributed by atoms with Gasteiger partial charge < -0.3 is 9.32 Å². The maximum absolute atomic E-state index is 12.8. The summed E-state index contributed by atoms with van der Waals surface area (Å²) in [6.45, 7) is 0.704. The number of rotatable bonds is 3. The molecule has 0 spiro atoms. The van der Waals surface area contributed by atoms with Crippen LogP contribution in [-0.2, 0) is 6.18 Å². The number of benzene rings is 1. The zero-order chi connectivity index (χ0) is 18.0. The number of carbonyl (C=O) groups excluding carboxylic acids is 2. The molecule has 2 heterocycles. The molecule has 3 rings (SSSR count). The number of piperidine rings is 1. The molecule has 2 aromatic rings. The van der Waals surface area contributed by atoms with Crippen molar-refractivity contribution in [2.75, 3.05) is 13.1 Å². The predicted molar refractivity (Wildman–Crippen MR) is 83.1 cm³/mol. The lowest BCUT2D eigenvalue weighted by atomic mass is 9.89. The number of hydrogen-bond acceptors (Lipinski definition) is 3. The molecule has 1 saturated heterocycles. The van der Waals surface area contributed by atoms with Crippen LogP contribution in [0.4, 0.5) is 13.2 Å². The molecule has 132 valence electrons. The molecule has 0 saturated carbocycles. The Morgan fingerprint density at radius 3 is 2.64 bits per heavy atom. The molecule has 1 fully saturated rings. The van der Waals surface area contributed by atoms with Gasteiger partial charge in [-0.05, 0) is 31.0 Å². The third-order valence-corrected chi connectivity index (χ3v) is 4.32. The molecule has 1 aromatic heterocycles. The number of alkyl halides is 3.